The number of halogens is 2. The summed E-state index contributed by atoms with van der Waals surface area (Å²) in [7, 11) is 0. The maximum Gasteiger partial charge on any atom is 0.272 e. The average molecular weight is 754 g/mol. The van der Waals surface area contributed by atoms with E-state index >= 15 is 0 Å². The number of aromatic nitrogens is 4. The number of hydrogen-bond acceptors (Lipinski definition) is 9. The molecule has 5 heterocycles. The highest BCUT2D eigenvalue weighted by atomic mass is 35.5. The van der Waals surface area contributed by atoms with Crippen LogP contribution in [0.2, 0.25) is 10.3 Å². The van der Waals surface area contributed by atoms with Gasteiger partial charge in [-0.1, -0.05) is 35.3 Å². The van der Waals surface area contributed by atoms with Crippen molar-refractivity contribution in [3.05, 3.63) is 107 Å². The highest BCUT2D eigenvalue weighted by molar-refractivity contribution is 6.29. The monoisotopic (exact) mass is 752 g/mol. The van der Waals surface area contributed by atoms with Gasteiger partial charge < -0.3 is 24.9 Å². The average Bonchev–Trinajstić information content (AvgIpc) is 3.94. The van der Waals surface area contributed by atoms with Gasteiger partial charge in [0, 0.05) is 60.5 Å². The van der Waals surface area contributed by atoms with Gasteiger partial charge in [-0.25, -0.2) is 9.97 Å². The Labute approximate surface area is 314 Å². The van der Waals surface area contributed by atoms with Crippen molar-refractivity contribution < 1.29 is 23.6 Å². The lowest BCUT2D eigenvalue weighted by Crippen LogP contribution is -2.38. The summed E-state index contributed by atoms with van der Waals surface area (Å²) in [5.74, 6) is -0.284. The van der Waals surface area contributed by atoms with Crippen molar-refractivity contribution in [3.63, 3.8) is 0 Å². The van der Waals surface area contributed by atoms with Gasteiger partial charge >= 0.3 is 0 Å². The minimum Gasteiger partial charge on any atom is -0.416 e. The Hall–Kier alpha value is -5.66. The maximum atomic E-state index is 13.0. The third kappa shape index (κ3) is 8.53. The fourth-order valence-corrected chi connectivity index (χ4v) is 7.01. The fourth-order valence-electron chi connectivity index (χ4n) is 6.68. The number of carbonyl (C=O) groups excluding carboxylic acids is 4. The zero-order valence-corrected chi connectivity index (χ0v) is 29.9. The van der Waals surface area contributed by atoms with Crippen LogP contribution >= 0.6 is 23.2 Å². The van der Waals surface area contributed by atoms with Crippen LogP contribution in [0.4, 0.5) is 11.4 Å². The van der Waals surface area contributed by atoms with Crippen LogP contribution in [0.3, 0.4) is 0 Å². The number of amides is 4. The second kappa shape index (κ2) is 15.9. The molecule has 4 amide bonds. The lowest BCUT2D eigenvalue weighted by molar-refractivity contribution is -0.117. The van der Waals surface area contributed by atoms with Crippen molar-refractivity contribution in [2.75, 3.05) is 23.7 Å². The van der Waals surface area contributed by atoms with Gasteiger partial charge in [-0.15, -0.1) is 10.2 Å². The molecule has 2 atom stereocenters. The van der Waals surface area contributed by atoms with Crippen molar-refractivity contribution in [1.82, 2.24) is 30.0 Å². The van der Waals surface area contributed by atoms with Crippen LogP contribution in [0.5, 0.6) is 0 Å². The lowest BCUT2D eigenvalue weighted by Gasteiger charge is -2.24. The van der Waals surface area contributed by atoms with Crippen LogP contribution in [0.25, 0.3) is 22.9 Å². The molecule has 270 valence electrons. The molecule has 5 aromatic rings. The third-order valence-corrected chi connectivity index (χ3v) is 9.66. The predicted molar refractivity (Wildman–Crippen MR) is 198 cm³/mol. The number of carbonyl (C=O) groups is 4. The summed E-state index contributed by atoms with van der Waals surface area (Å²) in [4.78, 5) is 63.5. The van der Waals surface area contributed by atoms with Gasteiger partial charge in [0.05, 0.1) is 0 Å². The molecule has 0 aliphatic carbocycles. The van der Waals surface area contributed by atoms with E-state index in [1.165, 1.54) is 0 Å². The number of pyridine rings is 2. The molecule has 15 heteroatoms. The minimum atomic E-state index is -0.236. The molecule has 2 aromatic carbocycles. The maximum absolute atomic E-state index is 13.0. The van der Waals surface area contributed by atoms with Crippen molar-refractivity contribution in [1.29, 1.82) is 0 Å². The Balaban J connectivity index is 0.905. The molecule has 0 saturated carbocycles. The van der Waals surface area contributed by atoms with E-state index in [9.17, 15) is 19.2 Å². The van der Waals surface area contributed by atoms with Gasteiger partial charge in [0.25, 0.3) is 11.8 Å². The molecule has 7 rings (SSSR count). The summed E-state index contributed by atoms with van der Waals surface area (Å²) < 4.78 is 5.93. The molecule has 0 bridgehead atoms. The third-order valence-electron chi connectivity index (χ3n) is 9.24. The number of nitrogens with one attached hydrogen (secondary N) is 2. The first-order chi connectivity index (χ1) is 25.7. The highest BCUT2D eigenvalue weighted by Gasteiger charge is 2.33. The van der Waals surface area contributed by atoms with Crippen molar-refractivity contribution in [2.45, 2.75) is 50.6 Å². The number of rotatable bonds is 10. The Morgan fingerprint density at radius 1 is 0.623 bits per heavy atom. The molecule has 2 aliphatic heterocycles. The number of likely N-dealkylation sites (tertiary alicyclic amines) is 2. The smallest absolute Gasteiger partial charge is 0.272 e. The first-order valence-corrected chi connectivity index (χ1v) is 18.0. The first kappa shape index (κ1) is 35.7. The molecule has 2 N–H and O–H groups in total. The Morgan fingerprint density at radius 3 is 1.43 bits per heavy atom. The molecule has 53 heavy (non-hydrogen) atoms. The lowest BCUT2D eigenvalue weighted by atomic mass is 10.1. The van der Waals surface area contributed by atoms with Crippen LogP contribution < -0.4 is 10.6 Å². The van der Waals surface area contributed by atoms with Crippen molar-refractivity contribution in [2.24, 2.45) is 0 Å². The van der Waals surface area contributed by atoms with Gasteiger partial charge in [0.15, 0.2) is 0 Å². The summed E-state index contributed by atoms with van der Waals surface area (Å²) in [5, 5.41) is 14.7. The topological polar surface area (TPSA) is 164 Å². The van der Waals surface area contributed by atoms with E-state index in [1.54, 1.807) is 94.7 Å². The van der Waals surface area contributed by atoms with Gasteiger partial charge in [-0.2, -0.15) is 0 Å². The zero-order valence-electron chi connectivity index (χ0n) is 28.4. The second-order valence-corrected chi connectivity index (χ2v) is 13.6. The molecule has 0 unspecified atom stereocenters. The molecular formula is C38H34Cl2N8O5. The van der Waals surface area contributed by atoms with Crippen LogP contribution in [0.15, 0.2) is 89.3 Å². The summed E-state index contributed by atoms with van der Waals surface area (Å²) in [6.45, 7) is 1.11. The molecule has 0 spiro atoms. The number of anilines is 2. The molecule has 2 aliphatic rings. The molecule has 13 nitrogen and oxygen atoms in total. The van der Waals surface area contributed by atoms with Crippen molar-refractivity contribution in [3.8, 4) is 22.9 Å². The number of benzene rings is 2. The summed E-state index contributed by atoms with van der Waals surface area (Å²) in [6, 6.07) is 23.4. The predicted octanol–water partition coefficient (Wildman–Crippen LogP) is 6.77. The van der Waals surface area contributed by atoms with Crippen LogP contribution in [0.1, 0.15) is 59.5 Å². The van der Waals surface area contributed by atoms with Gasteiger partial charge in [-0.3, -0.25) is 19.2 Å². The van der Waals surface area contributed by atoms with Crippen LogP contribution in [-0.2, 0) is 9.59 Å². The number of hydrogen-bond donors (Lipinski definition) is 2. The van der Waals surface area contributed by atoms with E-state index in [-0.39, 0.29) is 70.2 Å². The Kier molecular flexibility index (Phi) is 10.7. The molecule has 3 aromatic heterocycles. The van der Waals surface area contributed by atoms with Gasteiger partial charge in [0.2, 0.25) is 23.6 Å². The number of nitrogens with zero attached hydrogens (tertiary/aromatic N) is 6. The van der Waals surface area contributed by atoms with E-state index in [2.05, 4.69) is 30.8 Å². The second-order valence-electron chi connectivity index (χ2n) is 12.9. The molecule has 2 saturated heterocycles. The zero-order chi connectivity index (χ0) is 36.9. The SMILES string of the molecule is O=C(C[C@@H]1CCCN1C(=O)c1cccc(Cl)n1)Nc1ccc(-c2nnc(-c3ccc(NC(=O)C[C@@H]4CCCN4C(=O)c4cccc(Cl)n4)cc3)o2)cc1. The van der Waals surface area contributed by atoms with Crippen LogP contribution in [-0.4, -0.2) is 78.8 Å². The molecule has 2 fully saturated rings. The summed E-state index contributed by atoms with van der Waals surface area (Å²) in [6.07, 6.45) is 3.38. The van der Waals surface area contributed by atoms with E-state index in [0.717, 1.165) is 25.7 Å². The van der Waals surface area contributed by atoms with Crippen molar-refractivity contribution >= 4 is 58.2 Å². The summed E-state index contributed by atoms with van der Waals surface area (Å²) >= 11 is 11.9. The molecular weight excluding hydrogens is 719 g/mol. The van der Waals surface area contributed by atoms with Gasteiger partial charge in [0.1, 0.15) is 21.7 Å². The largest absolute Gasteiger partial charge is 0.416 e. The quantitative estimate of drug-likeness (QED) is 0.147. The summed E-state index contributed by atoms with van der Waals surface area (Å²) in [5.41, 5.74) is 3.04. The molecule has 0 radical (unpaired) electrons. The standard InChI is InChI=1S/C38H34Cl2N8O5/c39-31-9-1-7-29(43-31)37(51)47-19-3-5-27(47)21-33(49)41-25-15-11-23(12-16-25)35-45-46-36(53-35)24-13-17-26(18-14-24)42-34(50)22-28-6-4-20-48(28)38(52)30-8-2-10-32(40)44-30/h1-2,7-18,27-28H,3-6,19-22H2,(H,41,49)(H,42,50)/t27-,28-/m0/s1. The fraction of sp³-hybridized carbons (Fsp3) is 0.263. The normalized spacial score (nSPS) is 16.8. The van der Waals surface area contributed by atoms with E-state index in [4.69, 9.17) is 27.6 Å². The van der Waals surface area contributed by atoms with Crippen LogP contribution in [0, 0.1) is 0 Å². The Bertz CT molecular complexity index is 1990. The highest BCUT2D eigenvalue weighted by Crippen LogP contribution is 2.28. The van der Waals surface area contributed by atoms with E-state index < -0.39 is 0 Å². The minimum absolute atomic E-state index is 0.159. The van der Waals surface area contributed by atoms with E-state index in [1.807, 2.05) is 0 Å². The first-order valence-electron chi connectivity index (χ1n) is 17.2. The van der Waals surface area contributed by atoms with Gasteiger partial charge in [-0.05, 0) is 98.5 Å². The Morgan fingerprint density at radius 2 is 1.04 bits per heavy atom. The van der Waals surface area contributed by atoms with E-state index in [0.29, 0.717) is 47.4 Å².